The molecule has 1 N–H and O–H groups in total. The van der Waals surface area contributed by atoms with Gasteiger partial charge in [0.2, 0.25) is 0 Å². The van der Waals surface area contributed by atoms with Gasteiger partial charge in [-0.05, 0) is 50.0 Å². The predicted molar refractivity (Wildman–Crippen MR) is 178 cm³/mol. The second kappa shape index (κ2) is 15.1. The first-order chi connectivity index (χ1) is 20.0. The van der Waals surface area contributed by atoms with E-state index in [2.05, 4.69) is 110 Å². The van der Waals surface area contributed by atoms with Crippen LogP contribution in [-0.4, -0.2) is 45.4 Å². The molecular weight excluding hydrogens is 522 g/mol. The lowest BCUT2D eigenvalue weighted by Gasteiger charge is -2.35. The van der Waals surface area contributed by atoms with E-state index in [1.807, 2.05) is 10.7 Å². The number of piperidine rings is 1. The lowest BCUT2D eigenvalue weighted by atomic mass is 9.95. The quantitative estimate of drug-likeness (QED) is 0.193. The molecule has 2 aromatic carbocycles. The van der Waals surface area contributed by atoms with E-state index >= 15 is 0 Å². The summed E-state index contributed by atoms with van der Waals surface area (Å²) in [6, 6.07) is 19.3. The summed E-state index contributed by atoms with van der Waals surface area (Å²) < 4.78 is 1.95. The maximum atomic E-state index is 4.98. The second-order valence-corrected chi connectivity index (χ2v) is 11.8. The van der Waals surface area contributed by atoms with Crippen LogP contribution in [-0.2, 0) is 6.42 Å². The molecule has 3 heterocycles. The lowest BCUT2D eigenvalue weighted by molar-refractivity contribution is 0.263. The molecule has 2 aromatic heterocycles. The van der Waals surface area contributed by atoms with Gasteiger partial charge in [-0.3, -0.25) is 0 Å². The van der Waals surface area contributed by atoms with Crippen molar-refractivity contribution >= 4 is 28.9 Å². The molecule has 1 fully saturated rings. The fraction of sp³-hybridized carbons (Fsp3) is 0.429. The number of benzene rings is 2. The Morgan fingerprint density at radius 2 is 1.73 bits per heavy atom. The van der Waals surface area contributed by atoms with Crippen molar-refractivity contribution in [2.45, 2.75) is 71.1 Å². The number of anilines is 1. The first-order valence-corrected chi connectivity index (χ1v) is 16.5. The minimum Gasteiger partial charge on any atom is -0.371 e. The molecule has 1 aliphatic heterocycles. The SMILES string of the molecule is C=C(c1ccccc1SC)N1CCC(CNc2cc(-c3ccccc3CC)nc3c(C)cnn23)CC1.CCCCC. The Morgan fingerprint density at radius 3 is 2.41 bits per heavy atom. The van der Waals surface area contributed by atoms with Crippen molar-refractivity contribution in [2.75, 3.05) is 31.2 Å². The minimum absolute atomic E-state index is 0.607. The van der Waals surface area contributed by atoms with Crippen LogP contribution in [0.4, 0.5) is 5.82 Å². The van der Waals surface area contributed by atoms with E-state index in [-0.39, 0.29) is 0 Å². The predicted octanol–water partition coefficient (Wildman–Crippen LogP) is 8.98. The van der Waals surface area contributed by atoms with Crippen molar-refractivity contribution in [3.63, 3.8) is 0 Å². The number of nitrogens with one attached hydrogen (secondary N) is 1. The Bertz CT molecular complexity index is 1420. The Hall–Kier alpha value is -3.25. The molecule has 5 rings (SSSR count). The normalized spacial score (nSPS) is 13.6. The maximum absolute atomic E-state index is 4.98. The third kappa shape index (κ3) is 7.53. The van der Waals surface area contributed by atoms with Crippen LogP contribution in [0, 0.1) is 12.8 Å². The van der Waals surface area contributed by atoms with Crippen LogP contribution in [0.1, 0.15) is 69.6 Å². The van der Waals surface area contributed by atoms with E-state index in [0.717, 1.165) is 67.3 Å². The molecule has 0 radical (unpaired) electrons. The number of hydrogen-bond donors (Lipinski definition) is 1. The highest BCUT2D eigenvalue weighted by Crippen LogP contribution is 2.31. The number of fused-ring (bicyclic) bond motifs is 1. The first kappa shape index (κ1) is 30.7. The van der Waals surface area contributed by atoms with Gasteiger partial charge in [-0.15, -0.1) is 11.8 Å². The summed E-state index contributed by atoms with van der Waals surface area (Å²) in [6.45, 7) is 16.1. The molecule has 0 spiro atoms. The van der Waals surface area contributed by atoms with Crippen LogP contribution in [0.25, 0.3) is 22.6 Å². The van der Waals surface area contributed by atoms with E-state index in [9.17, 15) is 0 Å². The van der Waals surface area contributed by atoms with Gasteiger partial charge < -0.3 is 10.2 Å². The van der Waals surface area contributed by atoms with Crippen molar-refractivity contribution in [3.05, 3.63) is 84.1 Å². The van der Waals surface area contributed by atoms with E-state index in [1.54, 1.807) is 11.8 Å². The number of thioether (sulfide) groups is 1. The van der Waals surface area contributed by atoms with Gasteiger partial charge in [-0.2, -0.15) is 9.61 Å². The molecule has 1 saturated heterocycles. The monoisotopic (exact) mass is 569 g/mol. The highest BCUT2D eigenvalue weighted by atomic mass is 32.2. The molecule has 0 saturated carbocycles. The summed E-state index contributed by atoms with van der Waals surface area (Å²) in [4.78, 5) is 8.73. The summed E-state index contributed by atoms with van der Waals surface area (Å²) in [7, 11) is 0. The third-order valence-corrected chi connectivity index (χ3v) is 8.81. The Kier molecular flexibility index (Phi) is 11.3. The molecule has 0 bridgehead atoms. The van der Waals surface area contributed by atoms with Gasteiger partial charge in [0.25, 0.3) is 0 Å². The number of likely N-dealkylation sites (tertiary alicyclic amines) is 1. The molecule has 4 aromatic rings. The highest BCUT2D eigenvalue weighted by Gasteiger charge is 2.22. The van der Waals surface area contributed by atoms with E-state index in [1.165, 1.54) is 40.8 Å². The van der Waals surface area contributed by atoms with E-state index in [0.29, 0.717) is 5.92 Å². The molecular formula is C35H47N5S. The molecule has 0 atom stereocenters. The standard InChI is InChI=1S/C30H35N5S.C5H12/c1-5-24-10-6-7-12-26(24)27-18-29(35-30(33-27)21(2)19-32-35)31-20-23-14-16-34(17-15-23)22(3)25-11-8-9-13-28(25)36-4;1-3-5-4-2/h6-13,18-19,23,31H,3,5,14-17,20H2,1-2,4H3;3-5H2,1-2H3. The largest absolute Gasteiger partial charge is 0.371 e. The third-order valence-electron chi connectivity index (χ3n) is 8.02. The molecule has 5 nitrogen and oxygen atoms in total. The van der Waals surface area contributed by atoms with Gasteiger partial charge in [-0.1, -0.05) is 89.1 Å². The molecule has 1 aliphatic rings. The molecule has 218 valence electrons. The topological polar surface area (TPSA) is 45.5 Å². The lowest BCUT2D eigenvalue weighted by Crippen LogP contribution is -2.34. The Morgan fingerprint density at radius 1 is 1.02 bits per heavy atom. The molecule has 0 unspecified atom stereocenters. The minimum atomic E-state index is 0.607. The van der Waals surface area contributed by atoms with Crippen molar-refractivity contribution < 1.29 is 0 Å². The molecule has 6 heteroatoms. The van der Waals surface area contributed by atoms with Gasteiger partial charge in [0, 0.05) is 53.0 Å². The van der Waals surface area contributed by atoms with Gasteiger partial charge in [-0.25, -0.2) is 4.98 Å². The number of hydrogen-bond acceptors (Lipinski definition) is 5. The summed E-state index contributed by atoms with van der Waals surface area (Å²) in [5.41, 5.74) is 7.93. The van der Waals surface area contributed by atoms with Gasteiger partial charge in [0.1, 0.15) is 5.82 Å². The zero-order valence-electron chi connectivity index (χ0n) is 25.6. The second-order valence-electron chi connectivity index (χ2n) is 10.9. The van der Waals surface area contributed by atoms with Crippen molar-refractivity contribution in [3.8, 4) is 11.3 Å². The number of nitrogens with zero attached hydrogens (tertiary/aromatic N) is 4. The number of aryl methyl sites for hydroxylation is 2. The number of rotatable bonds is 10. The van der Waals surface area contributed by atoms with Crippen LogP contribution < -0.4 is 5.32 Å². The van der Waals surface area contributed by atoms with Crippen LogP contribution in [0.3, 0.4) is 0 Å². The van der Waals surface area contributed by atoms with Gasteiger partial charge in [0.15, 0.2) is 5.65 Å². The highest BCUT2D eigenvalue weighted by molar-refractivity contribution is 7.98. The van der Waals surface area contributed by atoms with Crippen molar-refractivity contribution in [1.82, 2.24) is 19.5 Å². The summed E-state index contributed by atoms with van der Waals surface area (Å²) in [5, 5.41) is 8.34. The van der Waals surface area contributed by atoms with Crippen LogP contribution in [0.15, 0.2) is 72.3 Å². The fourth-order valence-corrected chi connectivity index (χ4v) is 6.10. The number of unbranched alkanes of at least 4 members (excludes halogenated alkanes) is 2. The average Bonchev–Trinajstić information content (AvgIpc) is 3.40. The first-order valence-electron chi connectivity index (χ1n) is 15.2. The van der Waals surface area contributed by atoms with Crippen LogP contribution in [0.2, 0.25) is 0 Å². The summed E-state index contributed by atoms with van der Waals surface area (Å²) in [5.74, 6) is 1.62. The molecule has 41 heavy (non-hydrogen) atoms. The van der Waals surface area contributed by atoms with Crippen LogP contribution in [0.5, 0.6) is 0 Å². The van der Waals surface area contributed by atoms with E-state index < -0.39 is 0 Å². The van der Waals surface area contributed by atoms with Crippen molar-refractivity contribution in [2.24, 2.45) is 5.92 Å². The zero-order chi connectivity index (χ0) is 29.2. The van der Waals surface area contributed by atoms with Crippen LogP contribution >= 0.6 is 11.8 Å². The summed E-state index contributed by atoms with van der Waals surface area (Å²) in [6.07, 6.45) is 11.4. The smallest absolute Gasteiger partial charge is 0.160 e. The number of aromatic nitrogens is 3. The van der Waals surface area contributed by atoms with Gasteiger partial charge >= 0.3 is 0 Å². The van der Waals surface area contributed by atoms with Crippen molar-refractivity contribution in [1.29, 1.82) is 0 Å². The van der Waals surface area contributed by atoms with E-state index in [4.69, 9.17) is 4.98 Å². The molecule has 0 amide bonds. The zero-order valence-corrected chi connectivity index (χ0v) is 26.4. The molecule has 0 aliphatic carbocycles. The average molecular weight is 570 g/mol. The Balaban J connectivity index is 0.000000714. The maximum Gasteiger partial charge on any atom is 0.160 e. The van der Waals surface area contributed by atoms with Gasteiger partial charge in [0.05, 0.1) is 11.9 Å². The fourth-order valence-electron chi connectivity index (χ4n) is 5.48. The summed E-state index contributed by atoms with van der Waals surface area (Å²) >= 11 is 1.79. The Labute approximate surface area is 251 Å².